The Labute approximate surface area is 158 Å². The predicted octanol–water partition coefficient (Wildman–Crippen LogP) is 5.86. The number of nitrogens with zero attached hydrogens (tertiary/aromatic N) is 1. The van der Waals surface area contributed by atoms with Crippen molar-refractivity contribution < 1.29 is 9.47 Å². The van der Waals surface area contributed by atoms with Crippen LogP contribution in [0.4, 0.5) is 0 Å². The first-order chi connectivity index (χ1) is 13.1. The van der Waals surface area contributed by atoms with Crippen LogP contribution in [0.25, 0.3) is 32.7 Å². The van der Waals surface area contributed by atoms with Gasteiger partial charge in [0.15, 0.2) is 0 Å². The van der Waals surface area contributed by atoms with E-state index < -0.39 is 0 Å². The molecule has 0 amide bonds. The van der Waals surface area contributed by atoms with Gasteiger partial charge in [-0.25, -0.2) is 0 Å². The summed E-state index contributed by atoms with van der Waals surface area (Å²) in [7, 11) is 3.35. The number of hydrogen-bond donors (Lipinski definition) is 0. The summed E-state index contributed by atoms with van der Waals surface area (Å²) in [6, 6.07) is 22.4. The third kappa shape index (κ3) is 2.86. The number of methoxy groups -OCH3 is 2. The van der Waals surface area contributed by atoms with Crippen molar-refractivity contribution in [1.29, 1.82) is 5.26 Å². The highest BCUT2D eigenvalue weighted by molar-refractivity contribution is 6.15. The van der Waals surface area contributed by atoms with E-state index in [1.165, 1.54) is 5.39 Å². The second kappa shape index (κ2) is 6.66. The van der Waals surface area contributed by atoms with Crippen LogP contribution >= 0.6 is 0 Å². The van der Waals surface area contributed by atoms with Crippen LogP contribution < -0.4 is 9.47 Å². The molecule has 0 bridgehead atoms. The van der Waals surface area contributed by atoms with Crippen LogP contribution in [0.15, 0.2) is 60.7 Å². The summed E-state index contributed by atoms with van der Waals surface area (Å²) in [5.41, 5.74) is 3.98. The second-order valence-electron chi connectivity index (χ2n) is 6.57. The number of nitriles is 1. The van der Waals surface area contributed by atoms with Gasteiger partial charge in [-0.15, -0.1) is 0 Å². The zero-order valence-corrected chi connectivity index (χ0v) is 15.5. The molecule has 0 atom stereocenters. The van der Waals surface area contributed by atoms with E-state index in [1.807, 2.05) is 48.5 Å². The molecule has 4 aromatic carbocycles. The average molecular weight is 353 g/mol. The highest BCUT2D eigenvalue weighted by Crippen LogP contribution is 2.38. The average Bonchev–Trinajstić information content (AvgIpc) is 2.72. The Kier molecular flexibility index (Phi) is 4.18. The van der Waals surface area contributed by atoms with Gasteiger partial charge >= 0.3 is 0 Å². The monoisotopic (exact) mass is 353 g/mol. The third-order valence-electron chi connectivity index (χ3n) is 4.98. The number of rotatable bonds is 3. The zero-order valence-electron chi connectivity index (χ0n) is 15.5. The number of ether oxygens (including phenoxy) is 2. The van der Waals surface area contributed by atoms with Gasteiger partial charge < -0.3 is 9.47 Å². The van der Waals surface area contributed by atoms with Gasteiger partial charge in [-0.2, -0.15) is 5.26 Å². The van der Waals surface area contributed by atoms with Gasteiger partial charge in [0.2, 0.25) is 0 Å². The molecule has 0 spiro atoms. The standard InChI is InChI=1S/C24H19NO2/c1-15-10-20(27-3)12-18-13-22(17-5-7-19(26-2)8-6-17)23-11-16(14-25)4-9-21(23)24(15)18/h4-13H,1-3H3. The van der Waals surface area contributed by atoms with Crippen molar-refractivity contribution in [3.8, 4) is 28.7 Å². The molecule has 0 unspecified atom stereocenters. The summed E-state index contributed by atoms with van der Waals surface area (Å²) in [5.74, 6) is 1.66. The van der Waals surface area contributed by atoms with E-state index >= 15 is 0 Å². The lowest BCUT2D eigenvalue weighted by molar-refractivity contribution is 0.415. The van der Waals surface area contributed by atoms with Crippen molar-refractivity contribution in [1.82, 2.24) is 0 Å². The summed E-state index contributed by atoms with van der Waals surface area (Å²) < 4.78 is 10.8. The first-order valence-electron chi connectivity index (χ1n) is 8.74. The van der Waals surface area contributed by atoms with E-state index in [0.29, 0.717) is 5.56 Å². The molecule has 0 radical (unpaired) electrons. The molecule has 0 aromatic heterocycles. The van der Waals surface area contributed by atoms with Crippen LogP contribution in [0.2, 0.25) is 0 Å². The summed E-state index contributed by atoms with van der Waals surface area (Å²) in [6.07, 6.45) is 0. The van der Waals surface area contributed by atoms with E-state index in [-0.39, 0.29) is 0 Å². The molecule has 3 heteroatoms. The molecule has 27 heavy (non-hydrogen) atoms. The maximum Gasteiger partial charge on any atom is 0.119 e. The lowest BCUT2D eigenvalue weighted by atomic mass is 9.90. The topological polar surface area (TPSA) is 42.2 Å². The smallest absolute Gasteiger partial charge is 0.119 e. The van der Waals surface area contributed by atoms with Crippen molar-refractivity contribution in [2.24, 2.45) is 0 Å². The number of benzene rings is 4. The predicted molar refractivity (Wildman–Crippen MR) is 109 cm³/mol. The van der Waals surface area contributed by atoms with E-state index in [2.05, 4.69) is 25.1 Å². The molecule has 0 saturated heterocycles. The highest BCUT2D eigenvalue weighted by atomic mass is 16.5. The molecule has 0 aliphatic carbocycles. The van der Waals surface area contributed by atoms with Gasteiger partial charge in [0.05, 0.1) is 25.9 Å². The molecule has 4 rings (SSSR count). The Morgan fingerprint density at radius 2 is 1.52 bits per heavy atom. The minimum Gasteiger partial charge on any atom is -0.497 e. The molecule has 3 nitrogen and oxygen atoms in total. The van der Waals surface area contributed by atoms with Gasteiger partial charge in [-0.3, -0.25) is 0 Å². The van der Waals surface area contributed by atoms with Crippen molar-refractivity contribution in [3.05, 3.63) is 71.8 Å². The number of fused-ring (bicyclic) bond motifs is 3. The molecule has 0 aliphatic rings. The first kappa shape index (κ1) is 16.9. The SMILES string of the molecule is COc1ccc(-c2cc3cc(OC)cc(C)c3c3ccc(C#N)cc23)cc1. The Hall–Kier alpha value is -3.51. The van der Waals surface area contributed by atoms with Crippen molar-refractivity contribution in [3.63, 3.8) is 0 Å². The zero-order chi connectivity index (χ0) is 19.0. The lowest BCUT2D eigenvalue weighted by Gasteiger charge is -2.14. The van der Waals surface area contributed by atoms with Crippen molar-refractivity contribution in [2.75, 3.05) is 14.2 Å². The van der Waals surface area contributed by atoms with Gasteiger partial charge in [0.1, 0.15) is 11.5 Å². The molecule has 0 heterocycles. The fourth-order valence-electron chi connectivity index (χ4n) is 3.68. The Morgan fingerprint density at radius 1 is 0.778 bits per heavy atom. The molecule has 0 fully saturated rings. The molecular weight excluding hydrogens is 334 g/mol. The molecule has 132 valence electrons. The second-order valence-corrected chi connectivity index (χ2v) is 6.57. The van der Waals surface area contributed by atoms with Crippen molar-refractivity contribution in [2.45, 2.75) is 6.92 Å². The van der Waals surface area contributed by atoms with Gasteiger partial charge in [0.25, 0.3) is 0 Å². The highest BCUT2D eigenvalue weighted by Gasteiger charge is 2.12. The summed E-state index contributed by atoms with van der Waals surface area (Å²) in [4.78, 5) is 0. The first-order valence-corrected chi connectivity index (χ1v) is 8.74. The number of hydrogen-bond acceptors (Lipinski definition) is 3. The van der Waals surface area contributed by atoms with E-state index in [4.69, 9.17) is 9.47 Å². The van der Waals surface area contributed by atoms with Gasteiger partial charge in [-0.05, 0) is 87.6 Å². The van der Waals surface area contributed by atoms with Crippen LogP contribution in [0.5, 0.6) is 11.5 Å². The normalized spacial score (nSPS) is 10.7. The van der Waals surface area contributed by atoms with E-state index in [1.54, 1.807) is 14.2 Å². The van der Waals surface area contributed by atoms with E-state index in [0.717, 1.165) is 44.3 Å². The van der Waals surface area contributed by atoms with Crippen molar-refractivity contribution >= 4 is 21.5 Å². The number of aryl methyl sites for hydroxylation is 1. The third-order valence-corrected chi connectivity index (χ3v) is 4.98. The minimum absolute atomic E-state index is 0.655. The largest absolute Gasteiger partial charge is 0.497 e. The summed E-state index contributed by atoms with van der Waals surface area (Å²) >= 11 is 0. The summed E-state index contributed by atoms with van der Waals surface area (Å²) in [6.45, 7) is 2.09. The lowest BCUT2D eigenvalue weighted by Crippen LogP contribution is -1.91. The molecule has 0 saturated carbocycles. The van der Waals surface area contributed by atoms with Crippen LogP contribution in [0, 0.1) is 18.3 Å². The fourth-order valence-corrected chi connectivity index (χ4v) is 3.68. The maximum absolute atomic E-state index is 9.38. The molecule has 0 aliphatic heterocycles. The quantitative estimate of drug-likeness (QED) is 0.433. The van der Waals surface area contributed by atoms with E-state index in [9.17, 15) is 5.26 Å². The van der Waals surface area contributed by atoms with Crippen LogP contribution in [0.3, 0.4) is 0 Å². The Morgan fingerprint density at radius 3 is 2.19 bits per heavy atom. The maximum atomic E-state index is 9.38. The van der Waals surface area contributed by atoms with Crippen LogP contribution in [-0.2, 0) is 0 Å². The molecule has 4 aromatic rings. The minimum atomic E-state index is 0.655. The summed E-state index contributed by atoms with van der Waals surface area (Å²) in [5, 5.41) is 13.9. The molecular formula is C24H19NO2. The fraction of sp³-hybridized carbons (Fsp3) is 0.125. The Balaban J connectivity index is 2.12. The Bertz CT molecular complexity index is 1200. The van der Waals surface area contributed by atoms with Gasteiger partial charge in [0, 0.05) is 0 Å². The van der Waals surface area contributed by atoms with Gasteiger partial charge in [-0.1, -0.05) is 18.2 Å². The molecule has 0 N–H and O–H groups in total. The van der Waals surface area contributed by atoms with Crippen LogP contribution in [-0.4, -0.2) is 14.2 Å². The van der Waals surface area contributed by atoms with Crippen LogP contribution in [0.1, 0.15) is 11.1 Å².